The predicted molar refractivity (Wildman–Crippen MR) is 71.2 cm³/mol. The van der Waals surface area contributed by atoms with E-state index in [9.17, 15) is 9.90 Å². The summed E-state index contributed by atoms with van der Waals surface area (Å²) in [4.78, 5) is 11.7. The van der Waals surface area contributed by atoms with Crippen molar-refractivity contribution in [1.82, 2.24) is 0 Å². The number of benzene rings is 2. The van der Waals surface area contributed by atoms with Crippen LogP contribution in [0.4, 0.5) is 11.4 Å². The molecule has 1 aliphatic rings. The van der Waals surface area contributed by atoms with Crippen molar-refractivity contribution in [1.29, 1.82) is 0 Å². The van der Waals surface area contributed by atoms with Gasteiger partial charge < -0.3 is 15.2 Å². The number of ether oxygens (including phenoxy) is 1. The highest BCUT2D eigenvalue weighted by Crippen LogP contribution is 2.30. The number of esters is 1. The molecule has 2 aromatic carbocycles. The molecule has 2 aromatic rings. The van der Waals surface area contributed by atoms with Crippen LogP contribution in [0.1, 0.15) is 21.5 Å². The fraction of sp³-hybridized carbons (Fsp3) is 0.133. The minimum atomic E-state index is -0.306. The van der Waals surface area contributed by atoms with Crippen LogP contribution in [0.25, 0.3) is 0 Å². The molecule has 19 heavy (non-hydrogen) atoms. The molecule has 4 nitrogen and oxygen atoms in total. The van der Waals surface area contributed by atoms with E-state index in [0.717, 1.165) is 16.8 Å². The van der Waals surface area contributed by atoms with E-state index < -0.39 is 0 Å². The molecular weight excluding hydrogens is 242 g/mol. The molecule has 0 radical (unpaired) electrons. The lowest BCUT2D eigenvalue weighted by atomic mass is 10.1. The number of cyclic esters (lactones) is 1. The Morgan fingerprint density at radius 3 is 2.74 bits per heavy atom. The number of nitrogens with one attached hydrogen (secondary N) is 1. The first-order valence-electron chi connectivity index (χ1n) is 6.04. The van der Waals surface area contributed by atoms with E-state index in [2.05, 4.69) is 5.32 Å². The van der Waals surface area contributed by atoms with E-state index in [-0.39, 0.29) is 12.6 Å². The molecular formula is C15H13NO3. The minimum absolute atomic E-state index is 0.0529. The van der Waals surface area contributed by atoms with Crippen LogP contribution in [-0.2, 0) is 18.0 Å². The average molecular weight is 255 g/mol. The van der Waals surface area contributed by atoms with Gasteiger partial charge in [0.05, 0.1) is 17.9 Å². The second-order valence-corrected chi connectivity index (χ2v) is 4.36. The number of hydrogen-bond donors (Lipinski definition) is 2. The zero-order chi connectivity index (χ0) is 13.2. The molecule has 3 rings (SSSR count). The molecule has 0 aromatic heterocycles. The first kappa shape index (κ1) is 11.7. The first-order chi connectivity index (χ1) is 9.29. The molecule has 96 valence electrons. The lowest BCUT2D eigenvalue weighted by molar-refractivity contribution is 0.0536. The number of carbonyl (C=O) groups excluding carboxylic acids is 1. The summed E-state index contributed by atoms with van der Waals surface area (Å²) in [6.07, 6.45) is 0. The predicted octanol–water partition coefficient (Wildman–Crippen LogP) is 2.59. The Kier molecular flexibility index (Phi) is 2.93. The highest BCUT2D eigenvalue weighted by atomic mass is 16.5. The van der Waals surface area contributed by atoms with Gasteiger partial charge in [-0.25, -0.2) is 4.79 Å². The van der Waals surface area contributed by atoms with Crippen LogP contribution in [0.3, 0.4) is 0 Å². The number of anilines is 2. The van der Waals surface area contributed by atoms with Gasteiger partial charge in [0, 0.05) is 16.8 Å². The first-order valence-corrected chi connectivity index (χ1v) is 6.04. The number of aliphatic hydroxyl groups excluding tert-OH is 1. The van der Waals surface area contributed by atoms with Crippen molar-refractivity contribution in [3.8, 4) is 0 Å². The zero-order valence-corrected chi connectivity index (χ0v) is 10.2. The van der Waals surface area contributed by atoms with Gasteiger partial charge in [-0.3, -0.25) is 0 Å². The van der Waals surface area contributed by atoms with Crippen molar-refractivity contribution >= 4 is 17.3 Å². The smallest absolute Gasteiger partial charge is 0.341 e. The Balaban J connectivity index is 2.01. The van der Waals surface area contributed by atoms with Crippen molar-refractivity contribution in [2.75, 3.05) is 5.32 Å². The average Bonchev–Trinajstić information content (AvgIpc) is 2.82. The number of aliphatic hydroxyl groups is 1. The Labute approximate surface area is 110 Å². The molecule has 0 fully saturated rings. The van der Waals surface area contributed by atoms with Crippen molar-refractivity contribution in [3.05, 3.63) is 59.2 Å². The van der Waals surface area contributed by atoms with E-state index in [4.69, 9.17) is 4.74 Å². The Morgan fingerprint density at radius 2 is 1.89 bits per heavy atom. The molecule has 1 heterocycles. The topological polar surface area (TPSA) is 58.6 Å². The Morgan fingerprint density at radius 1 is 1.11 bits per heavy atom. The number of para-hydroxylation sites is 1. The highest BCUT2D eigenvalue weighted by Gasteiger charge is 2.24. The van der Waals surface area contributed by atoms with E-state index >= 15 is 0 Å². The summed E-state index contributed by atoms with van der Waals surface area (Å²) in [7, 11) is 0. The summed E-state index contributed by atoms with van der Waals surface area (Å²) < 4.78 is 5.03. The number of carbonyl (C=O) groups is 1. The van der Waals surface area contributed by atoms with Gasteiger partial charge in [0.1, 0.15) is 6.61 Å². The quantitative estimate of drug-likeness (QED) is 0.828. The van der Waals surface area contributed by atoms with Gasteiger partial charge in [0.25, 0.3) is 0 Å². The molecule has 0 spiro atoms. The minimum Gasteiger partial charge on any atom is -0.457 e. The Bertz CT molecular complexity index is 637. The summed E-state index contributed by atoms with van der Waals surface area (Å²) in [6.45, 7) is 0.272. The number of rotatable bonds is 3. The summed E-state index contributed by atoms with van der Waals surface area (Å²) in [5.41, 5.74) is 3.75. The molecule has 0 saturated heterocycles. The monoisotopic (exact) mass is 255 g/mol. The maximum Gasteiger partial charge on any atom is 0.341 e. The largest absolute Gasteiger partial charge is 0.457 e. The molecule has 0 amide bonds. The highest BCUT2D eigenvalue weighted by molar-refractivity contribution is 6.00. The van der Waals surface area contributed by atoms with Gasteiger partial charge in [-0.15, -0.1) is 0 Å². The third kappa shape index (κ3) is 2.06. The second kappa shape index (κ2) is 4.74. The van der Waals surface area contributed by atoms with Gasteiger partial charge in [0.15, 0.2) is 0 Å². The van der Waals surface area contributed by atoms with Gasteiger partial charge in [-0.1, -0.05) is 30.3 Å². The van der Waals surface area contributed by atoms with Crippen LogP contribution in [0.5, 0.6) is 0 Å². The van der Waals surface area contributed by atoms with Gasteiger partial charge >= 0.3 is 5.97 Å². The van der Waals surface area contributed by atoms with E-state index in [1.165, 1.54) is 0 Å². The van der Waals surface area contributed by atoms with Crippen molar-refractivity contribution < 1.29 is 14.6 Å². The molecule has 1 aliphatic heterocycles. The van der Waals surface area contributed by atoms with Crippen molar-refractivity contribution in [2.45, 2.75) is 13.2 Å². The fourth-order valence-electron chi connectivity index (χ4n) is 2.21. The number of hydrogen-bond acceptors (Lipinski definition) is 4. The summed E-state index contributed by atoms with van der Waals surface area (Å²) in [5.74, 6) is -0.306. The van der Waals surface area contributed by atoms with E-state index in [1.807, 2.05) is 42.5 Å². The van der Waals surface area contributed by atoms with Gasteiger partial charge in [0.2, 0.25) is 0 Å². The molecule has 0 saturated carbocycles. The SMILES string of the molecule is O=C1OCc2cccc(Nc3ccccc3CO)c21. The fourth-order valence-corrected chi connectivity index (χ4v) is 2.21. The van der Waals surface area contributed by atoms with Crippen LogP contribution in [0.15, 0.2) is 42.5 Å². The standard InChI is InChI=1S/C15H13NO3/c17-8-10-4-1-2-6-12(10)16-13-7-3-5-11-9-19-15(18)14(11)13/h1-7,16-17H,8-9H2. The molecule has 0 bridgehead atoms. The van der Waals surface area contributed by atoms with Crippen LogP contribution in [0, 0.1) is 0 Å². The van der Waals surface area contributed by atoms with E-state index in [1.54, 1.807) is 0 Å². The zero-order valence-electron chi connectivity index (χ0n) is 10.2. The lowest BCUT2D eigenvalue weighted by Crippen LogP contribution is -2.02. The van der Waals surface area contributed by atoms with Crippen LogP contribution < -0.4 is 5.32 Å². The summed E-state index contributed by atoms with van der Waals surface area (Å²) >= 11 is 0. The third-order valence-electron chi connectivity index (χ3n) is 3.17. The van der Waals surface area contributed by atoms with Crippen LogP contribution in [0.2, 0.25) is 0 Å². The summed E-state index contributed by atoms with van der Waals surface area (Å²) in [5, 5.41) is 12.5. The molecule has 0 aliphatic carbocycles. The van der Waals surface area contributed by atoms with Crippen molar-refractivity contribution in [3.63, 3.8) is 0 Å². The molecule has 4 heteroatoms. The molecule has 2 N–H and O–H groups in total. The van der Waals surface area contributed by atoms with Crippen LogP contribution >= 0.6 is 0 Å². The number of fused-ring (bicyclic) bond motifs is 1. The normalized spacial score (nSPS) is 13.0. The second-order valence-electron chi connectivity index (χ2n) is 4.36. The van der Waals surface area contributed by atoms with Gasteiger partial charge in [-0.2, -0.15) is 0 Å². The summed E-state index contributed by atoms with van der Waals surface area (Å²) in [6, 6.07) is 13.0. The van der Waals surface area contributed by atoms with Crippen molar-refractivity contribution in [2.24, 2.45) is 0 Å². The maximum absolute atomic E-state index is 11.7. The Hall–Kier alpha value is -2.33. The molecule has 0 unspecified atom stereocenters. The maximum atomic E-state index is 11.7. The van der Waals surface area contributed by atoms with Crippen LogP contribution in [-0.4, -0.2) is 11.1 Å². The third-order valence-corrected chi connectivity index (χ3v) is 3.17. The lowest BCUT2D eigenvalue weighted by Gasteiger charge is -2.12. The van der Waals surface area contributed by atoms with E-state index in [0.29, 0.717) is 17.9 Å². The molecule has 0 atom stereocenters. The van der Waals surface area contributed by atoms with Gasteiger partial charge in [-0.05, 0) is 12.1 Å².